The van der Waals surface area contributed by atoms with E-state index in [2.05, 4.69) is 19.7 Å². The summed E-state index contributed by atoms with van der Waals surface area (Å²) < 4.78 is 3.93. The molecule has 0 saturated heterocycles. The number of aryl methyl sites for hydroxylation is 1. The van der Waals surface area contributed by atoms with Gasteiger partial charge in [0, 0.05) is 30.0 Å². The molecule has 2 fully saturated rings. The van der Waals surface area contributed by atoms with Gasteiger partial charge in [0.15, 0.2) is 5.16 Å². The molecule has 2 aliphatic rings. The lowest BCUT2D eigenvalue weighted by Crippen LogP contribution is -2.15. The molecule has 7 heteroatoms. The number of nitrogens with zero attached hydrogens (tertiary/aromatic N) is 5. The van der Waals surface area contributed by atoms with E-state index in [0.717, 1.165) is 22.2 Å². The van der Waals surface area contributed by atoms with Crippen molar-refractivity contribution in [1.29, 1.82) is 0 Å². The molecule has 0 amide bonds. The summed E-state index contributed by atoms with van der Waals surface area (Å²) in [6.45, 7) is 1.97. The Bertz CT molecular complexity index is 1020. The Morgan fingerprint density at radius 3 is 2.80 bits per heavy atom. The summed E-state index contributed by atoms with van der Waals surface area (Å²) in [5.74, 6) is 2.40. The first kappa shape index (κ1) is 15.1. The summed E-state index contributed by atoms with van der Waals surface area (Å²) in [5.41, 5.74) is 2.49. The predicted molar refractivity (Wildman–Crippen MR) is 96.0 cm³/mol. The van der Waals surface area contributed by atoms with Gasteiger partial charge in [0.2, 0.25) is 0 Å². The Morgan fingerprint density at radius 2 is 2.04 bits per heavy atom. The lowest BCUT2D eigenvalue weighted by Gasteiger charge is -2.08. The van der Waals surface area contributed by atoms with E-state index in [9.17, 15) is 4.79 Å². The van der Waals surface area contributed by atoms with Gasteiger partial charge < -0.3 is 4.57 Å². The maximum Gasteiger partial charge on any atom is 0.258 e. The molecule has 0 aliphatic heterocycles. The van der Waals surface area contributed by atoms with Crippen molar-refractivity contribution in [2.75, 3.05) is 0 Å². The molecule has 6 nitrogen and oxygen atoms in total. The number of hydrogen-bond donors (Lipinski definition) is 0. The van der Waals surface area contributed by atoms with Crippen molar-refractivity contribution in [2.45, 2.75) is 55.5 Å². The average molecular weight is 353 g/mol. The number of fused-ring (bicyclic) bond motifs is 1. The van der Waals surface area contributed by atoms with Crippen LogP contribution in [0.2, 0.25) is 0 Å². The lowest BCUT2D eigenvalue weighted by atomic mass is 10.3. The summed E-state index contributed by atoms with van der Waals surface area (Å²) in [5, 5.41) is 9.82. The van der Waals surface area contributed by atoms with Crippen LogP contribution in [0.5, 0.6) is 0 Å². The van der Waals surface area contributed by atoms with Crippen LogP contribution in [0.25, 0.3) is 5.65 Å². The van der Waals surface area contributed by atoms with Gasteiger partial charge in [0.05, 0.1) is 5.69 Å². The molecule has 2 saturated carbocycles. The monoisotopic (exact) mass is 353 g/mol. The zero-order valence-electron chi connectivity index (χ0n) is 14.1. The molecular weight excluding hydrogens is 334 g/mol. The van der Waals surface area contributed by atoms with Gasteiger partial charge in [0.25, 0.3) is 5.56 Å². The van der Waals surface area contributed by atoms with Crippen LogP contribution < -0.4 is 5.56 Å². The van der Waals surface area contributed by atoms with E-state index in [-0.39, 0.29) is 5.56 Å². The third-order valence-corrected chi connectivity index (χ3v) is 5.73. The van der Waals surface area contributed by atoms with Crippen LogP contribution >= 0.6 is 11.8 Å². The highest BCUT2D eigenvalue weighted by Gasteiger charge is 2.36. The van der Waals surface area contributed by atoms with Crippen LogP contribution in [0, 0.1) is 6.92 Å². The molecule has 0 radical (unpaired) electrons. The fraction of sp³-hybridized carbons (Fsp3) is 0.444. The summed E-state index contributed by atoms with van der Waals surface area (Å²) in [4.78, 5) is 17.0. The normalized spacial score (nSPS) is 17.3. The van der Waals surface area contributed by atoms with E-state index >= 15 is 0 Å². The maximum atomic E-state index is 12.3. The first-order chi connectivity index (χ1) is 12.2. The van der Waals surface area contributed by atoms with E-state index in [1.165, 1.54) is 25.7 Å². The largest absolute Gasteiger partial charge is 0.303 e. The Labute approximate surface area is 149 Å². The summed E-state index contributed by atoms with van der Waals surface area (Å²) >= 11 is 1.63. The number of aromatic nitrogens is 5. The van der Waals surface area contributed by atoms with Gasteiger partial charge in [-0.1, -0.05) is 17.8 Å². The molecule has 3 aromatic rings. The summed E-state index contributed by atoms with van der Waals surface area (Å²) in [6.07, 6.45) is 6.74. The van der Waals surface area contributed by atoms with Crippen LogP contribution in [-0.2, 0) is 5.75 Å². The minimum Gasteiger partial charge on any atom is -0.303 e. The lowest BCUT2D eigenvalue weighted by molar-refractivity contribution is 0.627. The van der Waals surface area contributed by atoms with Crippen LogP contribution in [0.1, 0.15) is 54.7 Å². The molecule has 2 aliphatic carbocycles. The van der Waals surface area contributed by atoms with Crippen LogP contribution in [0.3, 0.4) is 0 Å². The van der Waals surface area contributed by atoms with Gasteiger partial charge in [-0.25, -0.2) is 4.98 Å². The zero-order valence-corrected chi connectivity index (χ0v) is 14.9. The first-order valence-corrected chi connectivity index (χ1v) is 9.74. The number of thioether (sulfide) groups is 1. The fourth-order valence-corrected chi connectivity index (χ4v) is 4.06. The van der Waals surface area contributed by atoms with E-state index in [0.29, 0.717) is 23.4 Å². The van der Waals surface area contributed by atoms with Gasteiger partial charge in [-0.15, -0.1) is 10.2 Å². The summed E-state index contributed by atoms with van der Waals surface area (Å²) in [6, 6.07) is 6.07. The third kappa shape index (κ3) is 2.86. The van der Waals surface area contributed by atoms with Crippen molar-refractivity contribution in [1.82, 2.24) is 24.1 Å². The Kier molecular flexibility index (Phi) is 3.45. The molecule has 128 valence electrons. The molecule has 3 aromatic heterocycles. The van der Waals surface area contributed by atoms with Gasteiger partial charge >= 0.3 is 0 Å². The van der Waals surface area contributed by atoms with Gasteiger partial charge in [-0.05, 0) is 44.2 Å². The van der Waals surface area contributed by atoms with Gasteiger partial charge in [0.1, 0.15) is 11.5 Å². The minimum absolute atomic E-state index is 0.0355. The SMILES string of the molecule is Cc1ccc2nc(CSc3nnc(C4CC4)n3C3CC3)cc(=O)n2c1. The third-order valence-electron chi connectivity index (χ3n) is 4.76. The molecule has 5 rings (SSSR count). The second-order valence-corrected chi connectivity index (χ2v) is 7.97. The Morgan fingerprint density at radius 1 is 1.20 bits per heavy atom. The van der Waals surface area contributed by atoms with E-state index in [1.54, 1.807) is 22.2 Å². The molecule has 0 aromatic carbocycles. The number of rotatable bonds is 5. The van der Waals surface area contributed by atoms with Crippen molar-refractivity contribution in [3.63, 3.8) is 0 Å². The van der Waals surface area contributed by atoms with E-state index in [4.69, 9.17) is 0 Å². The summed E-state index contributed by atoms with van der Waals surface area (Å²) in [7, 11) is 0. The molecule has 25 heavy (non-hydrogen) atoms. The molecule has 3 heterocycles. The number of pyridine rings is 1. The van der Waals surface area contributed by atoms with Crippen molar-refractivity contribution in [3.8, 4) is 0 Å². The molecule has 0 bridgehead atoms. The second kappa shape index (κ2) is 5.69. The minimum atomic E-state index is -0.0355. The molecule has 0 unspecified atom stereocenters. The topological polar surface area (TPSA) is 65.1 Å². The molecule has 0 N–H and O–H groups in total. The van der Waals surface area contributed by atoms with Crippen molar-refractivity contribution in [2.24, 2.45) is 0 Å². The second-order valence-electron chi connectivity index (χ2n) is 7.03. The van der Waals surface area contributed by atoms with Crippen molar-refractivity contribution in [3.05, 3.63) is 51.8 Å². The molecule has 0 atom stereocenters. The Balaban J connectivity index is 1.42. The van der Waals surface area contributed by atoms with E-state index in [1.807, 2.05) is 25.3 Å². The Hall–Kier alpha value is -2.15. The highest BCUT2D eigenvalue weighted by Crippen LogP contribution is 2.46. The van der Waals surface area contributed by atoms with Crippen LogP contribution in [0.15, 0.2) is 34.3 Å². The highest BCUT2D eigenvalue weighted by molar-refractivity contribution is 7.98. The smallest absolute Gasteiger partial charge is 0.258 e. The highest BCUT2D eigenvalue weighted by atomic mass is 32.2. The fourth-order valence-electron chi connectivity index (χ4n) is 3.15. The average Bonchev–Trinajstić information content (AvgIpc) is 3.52. The number of hydrogen-bond acceptors (Lipinski definition) is 5. The van der Waals surface area contributed by atoms with Crippen LogP contribution in [-0.4, -0.2) is 24.1 Å². The van der Waals surface area contributed by atoms with Crippen molar-refractivity contribution >= 4 is 17.4 Å². The van der Waals surface area contributed by atoms with E-state index < -0.39 is 0 Å². The first-order valence-electron chi connectivity index (χ1n) is 8.75. The quantitative estimate of drug-likeness (QED) is 0.660. The van der Waals surface area contributed by atoms with Crippen LogP contribution in [0.4, 0.5) is 0 Å². The van der Waals surface area contributed by atoms with Crippen molar-refractivity contribution < 1.29 is 0 Å². The zero-order chi connectivity index (χ0) is 17.0. The van der Waals surface area contributed by atoms with Gasteiger partial charge in [-0.3, -0.25) is 9.20 Å². The predicted octanol–water partition coefficient (Wildman–Crippen LogP) is 3.10. The van der Waals surface area contributed by atoms with Gasteiger partial charge in [-0.2, -0.15) is 0 Å². The molecular formula is C18H19N5OS. The standard InChI is InChI=1S/C18H19N5OS/c1-11-2-7-15-19-13(8-16(24)22(15)9-11)10-25-18-21-20-17(12-3-4-12)23(18)14-5-6-14/h2,7-9,12,14H,3-6,10H2,1H3. The maximum absolute atomic E-state index is 12.3. The molecule has 0 spiro atoms.